The molecule has 0 aliphatic heterocycles. The predicted octanol–water partition coefficient (Wildman–Crippen LogP) is 3.11. The van der Waals surface area contributed by atoms with Crippen molar-refractivity contribution >= 4 is 39.8 Å². The molecule has 0 saturated carbocycles. The van der Waals surface area contributed by atoms with E-state index in [9.17, 15) is 4.79 Å². The van der Waals surface area contributed by atoms with Gasteiger partial charge in [0.05, 0.1) is 5.75 Å². The Morgan fingerprint density at radius 2 is 2.13 bits per heavy atom. The van der Waals surface area contributed by atoms with E-state index in [4.69, 9.17) is 4.74 Å². The molecule has 0 atom stereocenters. The third kappa shape index (κ3) is 6.98. The van der Waals surface area contributed by atoms with E-state index in [0.29, 0.717) is 5.75 Å². The maximum atomic E-state index is 11.9. The number of amides is 1. The van der Waals surface area contributed by atoms with Crippen molar-refractivity contribution in [1.29, 1.82) is 0 Å². The molecule has 2 aromatic rings. The zero-order valence-electron chi connectivity index (χ0n) is 12.9. The highest BCUT2D eigenvalue weighted by atomic mass is 32.2. The standard InChI is InChI=1S/C15H20N4O2S2/c1-2-21-10-6-9-16-14-18-19-15(23-14)22-11-13(20)17-12-7-4-3-5-8-12/h3-5,7-8H,2,6,9-11H2,1H3,(H,16,18)(H,17,20). The number of hydrogen-bond acceptors (Lipinski definition) is 7. The molecule has 6 nitrogen and oxygen atoms in total. The fourth-order valence-corrected chi connectivity index (χ4v) is 3.28. The first-order valence-corrected chi connectivity index (χ1v) is 9.21. The number of nitrogens with one attached hydrogen (secondary N) is 2. The first-order chi connectivity index (χ1) is 11.3. The molecule has 0 spiro atoms. The summed E-state index contributed by atoms with van der Waals surface area (Å²) < 4.78 is 6.05. The zero-order chi connectivity index (χ0) is 16.3. The second-order valence-electron chi connectivity index (χ2n) is 4.55. The van der Waals surface area contributed by atoms with Crippen molar-refractivity contribution in [3.05, 3.63) is 30.3 Å². The molecule has 1 aromatic heterocycles. The number of anilines is 2. The average molecular weight is 352 g/mol. The molecule has 124 valence electrons. The summed E-state index contributed by atoms with van der Waals surface area (Å²) in [5.74, 6) is 0.260. The lowest BCUT2D eigenvalue weighted by molar-refractivity contribution is -0.113. The van der Waals surface area contributed by atoms with Gasteiger partial charge < -0.3 is 15.4 Å². The summed E-state index contributed by atoms with van der Waals surface area (Å²) in [6.45, 7) is 4.26. The van der Waals surface area contributed by atoms with E-state index in [1.165, 1.54) is 23.1 Å². The van der Waals surface area contributed by atoms with Gasteiger partial charge in [-0.1, -0.05) is 41.3 Å². The largest absolute Gasteiger partial charge is 0.382 e. The molecule has 8 heteroatoms. The third-order valence-electron chi connectivity index (χ3n) is 2.74. The van der Waals surface area contributed by atoms with Gasteiger partial charge in [0, 0.05) is 25.4 Å². The predicted molar refractivity (Wildman–Crippen MR) is 95.3 cm³/mol. The number of carbonyl (C=O) groups is 1. The summed E-state index contributed by atoms with van der Waals surface area (Å²) in [5.41, 5.74) is 0.798. The SMILES string of the molecule is CCOCCCNc1nnc(SCC(=O)Nc2ccccc2)s1. The number of hydrogen-bond donors (Lipinski definition) is 2. The Balaban J connectivity index is 1.67. The van der Waals surface area contributed by atoms with Crippen LogP contribution in [0.3, 0.4) is 0 Å². The summed E-state index contributed by atoms with van der Waals surface area (Å²) in [4.78, 5) is 11.9. The van der Waals surface area contributed by atoms with E-state index in [1.54, 1.807) is 0 Å². The quantitative estimate of drug-likeness (QED) is 0.505. The normalized spacial score (nSPS) is 10.5. The monoisotopic (exact) mass is 352 g/mol. The molecule has 1 amide bonds. The van der Waals surface area contributed by atoms with E-state index < -0.39 is 0 Å². The van der Waals surface area contributed by atoms with Crippen LogP contribution in [0.2, 0.25) is 0 Å². The van der Waals surface area contributed by atoms with Crippen molar-refractivity contribution in [1.82, 2.24) is 10.2 Å². The van der Waals surface area contributed by atoms with Crippen LogP contribution in [-0.4, -0.2) is 41.6 Å². The lowest BCUT2D eigenvalue weighted by atomic mass is 10.3. The van der Waals surface area contributed by atoms with E-state index in [1.807, 2.05) is 37.3 Å². The van der Waals surface area contributed by atoms with Gasteiger partial charge in [-0.2, -0.15) is 0 Å². The molecular weight excluding hydrogens is 332 g/mol. The van der Waals surface area contributed by atoms with Crippen LogP contribution in [0.5, 0.6) is 0 Å². The number of rotatable bonds is 10. The second-order valence-corrected chi connectivity index (χ2v) is 6.75. The van der Waals surface area contributed by atoms with Crippen LogP contribution in [0.4, 0.5) is 10.8 Å². The first-order valence-electron chi connectivity index (χ1n) is 7.40. The van der Waals surface area contributed by atoms with Crippen molar-refractivity contribution in [2.24, 2.45) is 0 Å². The van der Waals surface area contributed by atoms with Crippen LogP contribution in [0.25, 0.3) is 0 Å². The van der Waals surface area contributed by atoms with Gasteiger partial charge in [0.25, 0.3) is 0 Å². The van der Waals surface area contributed by atoms with Crippen LogP contribution in [0.15, 0.2) is 34.7 Å². The molecule has 1 aromatic carbocycles. The van der Waals surface area contributed by atoms with Crippen molar-refractivity contribution in [3.63, 3.8) is 0 Å². The minimum Gasteiger partial charge on any atom is -0.382 e. The van der Waals surface area contributed by atoms with Gasteiger partial charge in [0.15, 0.2) is 4.34 Å². The van der Waals surface area contributed by atoms with Gasteiger partial charge >= 0.3 is 0 Å². The molecule has 0 aliphatic rings. The number of thioether (sulfide) groups is 1. The van der Waals surface area contributed by atoms with Crippen LogP contribution in [0, 0.1) is 0 Å². The van der Waals surface area contributed by atoms with Gasteiger partial charge in [0.2, 0.25) is 11.0 Å². The molecule has 0 saturated heterocycles. The number of aromatic nitrogens is 2. The van der Waals surface area contributed by atoms with Gasteiger partial charge in [-0.3, -0.25) is 4.79 Å². The highest BCUT2D eigenvalue weighted by Gasteiger charge is 2.08. The Morgan fingerprint density at radius 3 is 2.91 bits per heavy atom. The van der Waals surface area contributed by atoms with Crippen LogP contribution in [0.1, 0.15) is 13.3 Å². The molecule has 1 heterocycles. The Bertz CT molecular complexity index is 592. The molecule has 2 rings (SSSR count). The Labute approximate surface area is 144 Å². The maximum Gasteiger partial charge on any atom is 0.234 e. The minimum atomic E-state index is -0.0531. The number of carbonyl (C=O) groups excluding carboxylic acids is 1. The molecule has 0 radical (unpaired) electrons. The summed E-state index contributed by atoms with van der Waals surface area (Å²) in [7, 11) is 0. The zero-order valence-corrected chi connectivity index (χ0v) is 14.6. The maximum absolute atomic E-state index is 11.9. The fraction of sp³-hybridized carbons (Fsp3) is 0.400. The smallest absolute Gasteiger partial charge is 0.234 e. The van der Waals surface area contributed by atoms with Crippen molar-refractivity contribution in [2.75, 3.05) is 36.1 Å². The second kappa shape index (κ2) is 10.2. The summed E-state index contributed by atoms with van der Waals surface area (Å²) in [5, 5.41) is 14.9. The van der Waals surface area contributed by atoms with Gasteiger partial charge in [0.1, 0.15) is 0 Å². The van der Waals surface area contributed by atoms with Crippen LogP contribution < -0.4 is 10.6 Å². The Hall–Kier alpha value is -1.64. The number of nitrogens with zero attached hydrogens (tertiary/aromatic N) is 2. The van der Waals surface area contributed by atoms with E-state index in [-0.39, 0.29) is 5.91 Å². The van der Waals surface area contributed by atoms with E-state index in [2.05, 4.69) is 20.8 Å². The van der Waals surface area contributed by atoms with Crippen LogP contribution in [-0.2, 0) is 9.53 Å². The van der Waals surface area contributed by atoms with Gasteiger partial charge in [-0.15, -0.1) is 10.2 Å². The third-order valence-corrected chi connectivity index (χ3v) is 4.75. The van der Waals surface area contributed by atoms with Crippen LogP contribution >= 0.6 is 23.1 Å². The molecular formula is C15H20N4O2S2. The summed E-state index contributed by atoms with van der Waals surface area (Å²) >= 11 is 2.84. The topological polar surface area (TPSA) is 76.1 Å². The highest BCUT2D eigenvalue weighted by molar-refractivity contribution is 8.01. The van der Waals surface area contributed by atoms with E-state index >= 15 is 0 Å². The average Bonchev–Trinajstić information content (AvgIpc) is 3.02. The molecule has 23 heavy (non-hydrogen) atoms. The number of benzene rings is 1. The highest BCUT2D eigenvalue weighted by Crippen LogP contribution is 2.25. The molecule has 2 N–H and O–H groups in total. The molecule has 0 fully saturated rings. The Morgan fingerprint density at radius 1 is 1.30 bits per heavy atom. The molecule has 0 bridgehead atoms. The fourth-order valence-electron chi connectivity index (χ4n) is 1.70. The van der Waals surface area contributed by atoms with Gasteiger partial charge in [-0.25, -0.2) is 0 Å². The van der Waals surface area contributed by atoms with Gasteiger partial charge in [-0.05, 0) is 25.5 Å². The molecule has 0 aliphatic carbocycles. The lowest BCUT2D eigenvalue weighted by Crippen LogP contribution is -2.13. The van der Waals surface area contributed by atoms with Crippen molar-refractivity contribution < 1.29 is 9.53 Å². The van der Waals surface area contributed by atoms with Crippen molar-refractivity contribution in [3.8, 4) is 0 Å². The lowest BCUT2D eigenvalue weighted by Gasteiger charge is -2.03. The van der Waals surface area contributed by atoms with E-state index in [0.717, 1.165) is 41.3 Å². The minimum absolute atomic E-state index is 0.0531. The number of para-hydroxylation sites is 1. The first kappa shape index (κ1) is 17.7. The summed E-state index contributed by atoms with van der Waals surface area (Å²) in [6.07, 6.45) is 0.926. The number of ether oxygens (including phenoxy) is 1. The molecule has 0 unspecified atom stereocenters. The van der Waals surface area contributed by atoms with Crippen molar-refractivity contribution in [2.45, 2.75) is 17.7 Å². The summed E-state index contributed by atoms with van der Waals surface area (Å²) in [6, 6.07) is 9.40. The Kier molecular flexibility index (Phi) is 7.85.